The Balaban J connectivity index is 1.54. The number of hydrogen-bond donors (Lipinski definition) is 1. The highest BCUT2D eigenvalue weighted by molar-refractivity contribution is 5.94. The topological polar surface area (TPSA) is 73.2 Å². The minimum Gasteiger partial charge on any atom is -0.491 e. The van der Waals surface area contributed by atoms with Gasteiger partial charge in [0, 0.05) is 24.1 Å². The number of ether oxygens (including phenoxy) is 1. The van der Waals surface area contributed by atoms with Crippen molar-refractivity contribution in [3.63, 3.8) is 0 Å². The second-order valence-corrected chi connectivity index (χ2v) is 6.54. The summed E-state index contributed by atoms with van der Waals surface area (Å²) in [5, 5.41) is 7.20. The van der Waals surface area contributed by atoms with Gasteiger partial charge >= 0.3 is 0 Å². The molecule has 6 heteroatoms. The number of nitrogens with one attached hydrogen (secondary N) is 1. The number of rotatable bonds is 7. The van der Waals surface area contributed by atoms with Crippen LogP contribution in [-0.4, -0.2) is 28.3 Å². The van der Waals surface area contributed by atoms with Crippen molar-refractivity contribution in [2.45, 2.75) is 45.3 Å². The molecule has 132 valence electrons. The lowest BCUT2D eigenvalue weighted by Crippen LogP contribution is -2.32. The fourth-order valence-corrected chi connectivity index (χ4v) is 2.56. The number of carbonyl (C=O) groups is 1. The van der Waals surface area contributed by atoms with E-state index in [-0.39, 0.29) is 17.6 Å². The summed E-state index contributed by atoms with van der Waals surface area (Å²) in [4.78, 5) is 24.0. The molecular weight excluding hydrogens is 318 g/mol. The maximum Gasteiger partial charge on any atom is 0.266 e. The molecule has 1 aliphatic carbocycles. The van der Waals surface area contributed by atoms with Crippen LogP contribution in [0.1, 0.15) is 48.7 Å². The molecule has 6 nitrogen and oxygen atoms in total. The fraction of sp³-hybridized carbons (Fsp3) is 0.421. The van der Waals surface area contributed by atoms with Gasteiger partial charge in [-0.1, -0.05) is 0 Å². The number of carbonyl (C=O) groups excluding carboxylic acids is 1. The van der Waals surface area contributed by atoms with E-state index in [1.165, 1.54) is 4.68 Å². The van der Waals surface area contributed by atoms with E-state index < -0.39 is 0 Å². The zero-order valence-electron chi connectivity index (χ0n) is 14.6. The van der Waals surface area contributed by atoms with Gasteiger partial charge in [-0.25, -0.2) is 4.68 Å². The van der Waals surface area contributed by atoms with Crippen LogP contribution >= 0.6 is 0 Å². The Morgan fingerprint density at radius 1 is 1.24 bits per heavy atom. The van der Waals surface area contributed by atoms with Gasteiger partial charge in [0.15, 0.2) is 0 Å². The van der Waals surface area contributed by atoms with Gasteiger partial charge in [0.05, 0.1) is 18.3 Å². The molecule has 0 saturated heterocycles. The lowest BCUT2D eigenvalue weighted by molar-refractivity contribution is 0.0951. The number of benzene rings is 1. The molecule has 0 radical (unpaired) electrons. The van der Waals surface area contributed by atoms with Crippen molar-refractivity contribution < 1.29 is 9.53 Å². The molecule has 1 aromatic carbocycles. The zero-order valence-corrected chi connectivity index (χ0v) is 14.6. The van der Waals surface area contributed by atoms with Gasteiger partial charge < -0.3 is 10.1 Å². The number of amides is 1. The SMILES string of the molecule is CC(C)Oc1ccc(C(=O)NCCn2nc(C3CC3)ccc2=O)cc1. The monoisotopic (exact) mass is 341 g/mol. The highest BCUT2D eigenvalue weighted by atomic mass is 16.5. The predicted octanol–water partition coefficient (Wildman–Crippen LogP) is 2.34. The minimum absolute atomic E-state index is 0.0943. The minimum atomic E-state index is -0.178. The van der Waals surface area contributed by atoms with E-state index >= 15 is 0 Å². The first kappa shape index (κ1) is 17.2. The molecule has 2 aromatic rings. The van der Waals surface area contributed by atoms with Gasteiger partial charge in [0.2, 0.25) is 0 Å². The third-order valence-electron chi connectivity index (χ3n) is 3.98. The first-order chi connectivity index (χ1) is 12.0. The molecule has 1 saturated carbocycles. The summed E-state index contributed by atoms with van der Waals surface area (Å²) in [6.45, 7) is 4.62. The molecule has 1 heterocycles. The third-order valence-corrected chi connectivity index (χ3v) is 3.98. The number of nitrogens with zero attached hydrogens (tertiary/aromatic N) is 2. The van der Waals surface area contributed by atoms with E-state index in [9.17, 15) is 9.59 Å². The molecular formula is C19H23N3O3. The summed E-state index contributed by atoms with van der Waals surface area (Å²) >= 11 is 0. The van der Waals surface area contributed by atoms with Crippen molar-refractivity contribution in [1.29, 1.82) is 0 Å². The number of hydrogen-bond acceptors (Lipinski definition) is 4. The summed E-state index contributed by atoms with van der Waals surface area (Å²) < 4.78 is 6.98. The van der Waals surface area contributed by atoms with Crippen LogP contribution in [0.3, 0.4) is 0 Å². The van der Waals surface area contributed by atoms with E-state index in [0.29, 0.717) is 24.6 Å². The summed E-state index contributed by atoms with van der Waals surface area (Å²) in [6, 6.07) is 10.4. The van der Waals surface area contributed by atoms with E-state index in [1.54, 1.807) is 36.4 Å². The summed E-state index contributed by atoms with van der Waals surface area (Å²) in [7, 11) is 0. The van der Waals surface area contributed by atoms with Gasteiger partial charge in [-0.3, -0.25) is 9.59 Å². The number of aromatic nitrogens is 2. The van der Waals surface area contributed by atoms with Crippen molar-refractivity contribution in [2.75, 3.05) is 6.54 Å². The predicted molar refractivity (Wildman–Crippen MR) is 95.0 cm³/mol. The summed E-state index contributed by atoms with van der Waals surface area (Å²) in [6.07, 6.45) is 2.37. The lowest BCUT2D eigenvalue weighted by atomic mass is 10.2. The smallest absolute Gasteiger partial charge is 0.266 e. The summed E-state index contributed by atoms with van der Waals surface area (Å²) in [5.74, 6) is 1.05. The molecule has 0 atom stereocenters. The Labute approximate surface area is 146 Å². The molecule has 25 heavy (non-hydrogen) atoms. The molecule has 1 aromatic heterocycles. The Kier molecular flexibility index (Phi) is 5.16. The Bertz CT molecular complexity index is 792. The van der Waals surface area contributed by atoms with Crippen molar-refractivity contribution >= 4 is 5.91 Å². The highest BCUT2D eigenvalue weighted by Gasteiger charge is 2.25. The lowest BCUT2D eigenvalue weighted by Gasteiger charge is -2.10. The molecule has 0 spiro atoms. The van der Waals surface area contributed by atoms with E-state index in [4.69, 9.17) is 4.74 Å². The third kappa shape index (κ3) is 4.68. The Hall–Kier alpha value is -2.63. The second kappa shape index (κ2) is 7.51. The average Bonchev–Trinajstić information content (AvgIpc) is 3.41. The quantitative estimate of drug-likeness (QED) is 0.839. The molecule has 1 aliphatic rings. The Morgan fingerprint density at radius 2 is 1.96 bits per heavy atom. The molecule has 1 amide bonds. The van der Waals surface area contributed by atoms with Gasteiger partial charge in [0.25, 0.3) is 11.5 Å². The van der Waals surface area contributed by atoms with Crippen LogP contribution < -0.4 is 15.6 Å². The standard InChI is InChI=1S/C19H23N3O3/c1-13(2)25-16-7-5-15(6-8-16)19(24)20-11-12-22-18(23)10-9-17(21-22)14-3-4-14/h5-10,13-14H,3-4,11-12H2,1-2H3,(H,20,24). The van der Waals surface area contributed by atoms with Gasteiger partial charge in [-0.15, -0.1) is 0 Å². The van der Waals surface area contributed by atoms with Gasteiger partial charge in [0.1, 0.15) is 5.75 Å². The molecule has 0 bridgehead atoms. The van der Waals surface area contributed by atoms with Crippen molar-refractivity contribution in [3.05, 3.63) is 58.0 Å². The summed E-state index contributed by atoms with van der Waals surface area (Å²) in [5.41, 5.74) is 1.38. The first-order valence-electron chi connectivity index (χ1n) is 8.66. The highest BCUT2D eigenvalue weighted by Crippen LogP contribution is 2.38. The molecule has 3 rings (SSSR count). The fourth-order valence-electron chi connectivity index (χ4n) is 2.56. The van der Waals surface area contributed by atoms with Crippen LogP contribution in [-0.2, 0) is 6.54 Å². The van der Waals surface area contributed by atoms with E-state index in [2.05, 4.69) is 10.4 Å². The second-order valence-electron chi connectivity index (χ2n) is 6.54. The molecule has 0 unspecified atom stereocenters. The van der Waals surface area contributed by atoms with Crippen LogP contribution in [0.25, 0.3) is 0 Å². The molecule has 0 aliphatic heterocycles. The van der Waals surface area contributed by atoms with E-state index in [1.807, 2.05) is 13.8 Å². The van der Waals surface area contributed by atoms with Crippen LogP contribution in [0.4, 0.5) is 0 Å². The van der Waals surface area contributed by atoms with Crippen molar-refractivity contribution in [3.8, 4) is 5.75 Å². The van der Waals surface area contributed by atoms with Crippen LogP contribution in [0.5, 0.6) is 5.75 Å². The van der Waals surface area contributed by atoms with Crippen LogP contribution in [0.15, 0.2) is 41.2 Å². The average molecular weight is 341 g/mol. The first-order valence-corrected chi connectivity index (χ1v) is 8.66. The van der Waals surface area contributed by atoms with E-state index in [0.717, 1.165) is 24.3 Å². The normalized spacial score (nSPS) is 13.7. The zero-order chi connectivity index (χ0) is 17.8. The molecule has 1 fully saturated rings. The maximum atomic E-state index is 12.2. The van der Waals surface area contributed by atoms with Gasteiger partial charge in [-0.2, -0.15) is 5.10 Å². The Morgan fingerprint density at radius 3 is 2.60 bits per heavy atom. The van der Waals surface area contributed by atoms with Crippen molar-refractivity contribution in [1.82, 2.24) is 15.1 Å². The largest absolute Gasteiger partial charge is 0.491 e. The molecule has 1 N–H and O–H groups in total. The van der Waals surface area contributed by atoms with Crippen molar-refractivity contribution in [2.24, 2.45) is 0 Å². The van der Waals surface area contributed by atoms with Crippen LogP contribution in [0, 0.1) is 0 Å². The van der Waals surface area contributed by atoms with Gasteiger partial charge in [-0.05, 0) is 57.0 Å². The maximum absolute atomic E-state index is 12.2. The van der Waals surface area contributed by atoms with Crippen LogP contribution in [0.2, 0.25) is 0 Å².